The SMILES string of the molecule is COCCS(=O)CCCC(=O)Nc1cccc(C#N)c1. The molecule has 1 aromatic carbocycles. The van der Waals surface area contributed by atoms with E-state index in [0.717, 1.165) is 0 Å². The smallest absolute Gasteiger partial charge is 0.224 e. The third kappa shape index (κ3) is 6.45. The van der Waals surface area contributed by atoms with E-state index in [0.29, 0.717) is 42.2 Å². The van der Waals surface area contributed by atoms with Crippen molar-refractivity contribution in [1.82, 2.24) is 0 Å². The molecule has 0 bridgehead atoms. The first-order chi connectivity index (χ1) is 9.65. The monoisotopic (exact) mass is 294 g/mol. The molecular formula is C14H18N2O3S. The molecule has 1 atom stereocenters. The van der Waals surface area contributed by atoms with Crippen molar-refractivity contribution in [1.29, 1.82) is 5.26 Å². The minimum Gasteiger partial charge on any atom is -0.384 e. The van der Waals surface area contributed by atoms with Gasteiger partial charge in [-0.15, -0.1) is 0 Å². The van der Waals surface area contributed by atoms with Gasteiger partial charge < -0.3 is 10.1 Å². The number of nitrogens with zero attached hydrogens (tertiary/aromatic N) is 1. The zero-order valence-electron chi connectivity index (χ0n) is 11.4. The Bertz CT molecular complexity index is 511. The molecule has 1 rings (SSSR count). The molecule has 5 nitrogen and oxygen atoms in total. The van der Waals surface area contributed by atoms with E-state index in [1.165, 1.54) is 0 Å². The first-order valence-electron chi connectivity index (χ1n) is 6.29. The number of rotatable bonds is 8. The molecule has 0 saturated carbocycles. The summed E-state index contributed by atoms with van der Waals surface area (Å²) in [6.07, 6.45) is 0.885. The molecular weight excluding hydrogens is 276 g/mol. The van der Waals surface area contributed by atoms with Crippen LogP contribution in [0.1, 0.15) is 18.4 Å². The fraction of sp³-hybridized carbons (Fsp3) is 0.429. The molecule has 0 aromatic heterocycles. The van der Waals surface area contributed by atoms with E-state index >= 15 is 0 Å². The Balaban J connectivity index is 2.30. The fourth-order valence-electron chi connectivity index (χ4n) is 1.56. The molecule has 0 aliphatic rings. The van der Waals surface area contributed by atoms with E-state index < -0.39 is 10.8 Å². The summed E-state index contributed by atoms with van der Waals surface area (Å²) < 4.78 is 16.3. The van der Waals surface area contributed by atoms with Crippen molar-refractivity contribution < 1.29 is 13.7 Å². The van der Waals surface area contributed by atoms with Crippen LogP contribution in [0.25, 0.3) is 0 Å². The van der Waals surface area contributed by atoms with Crippen molar-refractivity contribution in [3.8, 4) is 6.07 Å². The summed E-state index contributed by atoms with van der Waals surface area (Å²) in [7, 11) is 0.634. The molecule has 1 aromatic rings. The number of benzene rings is 1. The van der Waals surface area contributed by atoms with Gasteiger partial charge in [-0.2, -0.15) is 5.26 Å². The first kappa shape index (κ1) is 16.3. The predicted octanol–water partition coefficient (Wildman–Crippen LogP) is 1.67. The van der Waals surface area contributed by atoms with Crippen LogP contribution in [0.5, 0.6) is 0 Å². The summed E-state index contributed by atoms with van der Waals surface area (Å²) in [6, 6.07) is 8.76. The second-order valence-corrected chi connectivity index (χ2v) is 5.88. The number of nitrogens with one attached hydrogen (secondary N) is 1. The quantitative estimate of drug-likeness (QED) is 0.791. The highest BCUT2D eigenvalue weighted by Gasteiger charge is 2.05. The maximum absolute atomic E-state index is 11.7. The van der Waals surface area contributed by atoms with Gasteiger partial charge >= 0.3 is 0 Å². The maximum atomic E-state index is 11.7. The Labute approximate surface area is 121 Å². The van der Waals surface area contributed by atoms with Gasteiger partial charge in [0.2, 0.25) is 5.91 Å². The molecule has 0 fully saturated rings. The maximum Gasteiger partial charge on any atom is 0.224 e. The van der Waals surface area contributed by atoms with Gasteiger partial charge in [0.15, 0.2) is 0 Å². The van der Waals surface area contributed by atoms with Crippen LogP contribution in [0, 0.1) is 11.3 Å². The number of hydrogen-bond acceptors (Lipinski definition) is 4. The van der Waals surface area contributed by atoms with Crippen molar-refractivity contribution >= 4 is 22.4 Å². The number of carbonyl (C=O) groups excluding carboxylic acids is 1. The van der Waals surface area contributed by atoms with Crippen LogP contribution in [0.15, 0.2) is 24.3 Å². The summed E-state index contributed by atoms with van der Waals surface area (Å²) in [5.41, 5.74) is 1.11. The lowest BCUT2D eigenvalue weighted by atomic mass is 10.2. The Morgan fingerprint density at radius 3 is 2.95 bits per heavy atom. The van der Waals surface area contributed by atoms with Crippen molar-refractivity contribution in [2.24, 2.45) is 0 Å². The minimum absolute atomic E-state index is 0.135. The zero-order valence-corrected chi connectivity index (χ0v) is 12.2. The average molecular weight is 294 g/mol. The average Bonchev–Trinajstić information content (AvgIpc) is 2.45. The predicted molar refractivity (Wildman–Crippen MR) is 78.8 cm³/mol. The van der Waals surface area contributed by atoms with E-state index in [4.69, 9.17) is 10.00 Å². The number of amides is 1. The summed E-state index contributed by atoms with van der Waals surface area (Å²) in [6.45, 7) is 0.472. The van der Waals surface area contributed by atoms with Gasteiger partial charge in [0.05, 0.1) is 18.2 Å². The normalized spacial score (nSPS) is 11.6. The molecule has 20 heavy (non-hydrogen) atoms. The molecule has 1 amide bonds. The summed E-state index contributed by atoms with van der Waals surface area (Å²) in [5.74, 6) is 0.862. The van der Waals surface area contributed by atoms with E-state index in [9.17, 15) is 9.00 Å². The van der Waals surface area contributed by atoms with Crippen molar-refractivity contribution in [2.75, 3.05) is 30.5 Å². The highest BCUT2D eigenvalue weighted by Crippen LogP contribution is 2.10. The Hall–Kier alpha value is -1.71. The molecule has 6 heteroatoms. The van der Waals surface area contributed by atoms with Gasteiger partial charge in [-0.1, -0.05) is 6.07 Å². The molecule has 0 heterocycles. The van der Waals surface area contributed by atoms with Gasteiger partial charge in [-0.3, -0.25) is 9.00 Å². The second-order valence-electron chi connectivity index (χ2n) is 4.19. The van der Waals surface area contributed by atoms with Crippen LogP contribution in [-0.2, 0) is 20.3 Å². The third-order valence-corrected chi connectivity index (χ3v) is 3.93. The molecule has 1 N–H and O–H groups in total. The van der Waals surface area contributed by atoms with Crippen LogP contribution < -0.4 is 5.32 Å². The van der Waals surface area contributed by atoms with Crippen LogP contribution in [0.4, 0.5) is 5.69 Å². The van der Waals surface area contributed by atoms with Gasteiger partial charge in [-0.05, 0) is 24.6 Å². The Morgan fingerprint density at radius 2 is 2.25 bits per heavy atom. The Kier molecular flexibility index (Phi) is 7.55. The van der Waals surface area contributed by atoms with E-state index in [-0.39, 0.29) is 5.91 Å². The first-order valence-corrected chi connectivity index (χ1v) is 7.78. The lowest BCUT2D eigenvalue weighted by molar-refractivity contribution is -0.116. The number of carbonyl (C=O) groups is 1. The largest absolute Gasteiger partial charge is 0.384 e. The van der Waals surface area contributed by atoms with E-state index in [1.54, 1.807) is 31.4 Å². The van der Waals surface area contributed by atoms with Gasteiger partial charge in [0.25, 0.3) is 0 Å². The second kappa shape index (κ2) is 9.23. The van der Waals surface area contributed by atoms with E-state index in [1.807, 2.05) is 6.07 Å². The Morgan fingerprint density at radius 1 is 1.45 bits per heavy atom. The molecule has 0 aliphatic carbocycles. The number of methoxy groups -OCH3 is 1. The molecule has 0 saturated heterocycles. The number of nitriles is 1. The molecule has 0 spiro atoms. The van der Waals surface area contributed by atoms with Crippen LogP contribution >= 0.6 is 0 Å². The van der Waals surface area contributed by atoms with Crippen molar-refractivity contribution in [3.05, 3.63) is 29.8 Å². The summed E-state index contributed by atoms with van der Waals surface area (Å²) in [4.78, 5) is 11.7. The van der Waals surface area contributed by atoms with Crippen LogP contribution in [0.2, 0.25) is 0 Å². The van der Waals surface area contributed by atoms with Crippen molar-refractivity contribution in [2.45, 2.75) is 12.8 Å². The van der Waals surface area contributed by atoms with E-state index in [2.05, 4.69) is 5.32 Å². The molecule has 1 unspecified atom stereocenters. The fourth-order valence-corrected chi connectivity index (χ4v) is 2.59. The molecule has 108 valence electrons. The summed E-state index contributed by atoms with van der Waals surface area (Å²) in [5, 5.41) is 11.5. The molecule has 0 aliphatic heterocycles. The lowest BCUT2D eigenvalue weighted by Crippen LogP contribution is -2.14. The number of hydrogen-bond donors (Lipinski definition) is 1. The van der Waals surface area contributed by atoms with Gasteiger partial charge in [-0.25, -0.2) is 0 Å². The van der Waals surface area contributed by atoms with Crippen LogP contribution in [0.3, 0.4) is 0 Å². The highest BCUT2D eigenvalue weighted by atomic mass is 32.2. The topological polar surface area (TPSA) is 79.2 Å². The molecule has 0 radical (unpaired) electrons. The minimum atomic E-state index is -0.936. The van der Waals surface area contributed by atoms with Gasteiger partial charge in [0.1, 0.15) is 0 Å². The third-order valence-electron chi connectivity index (χ3n) is 2.57. The van der Waals surface area contributed by atoms with Gasteiger partial charge in [0, 0.05) is 41.5 Å². The standard InChI is InChI=1S/C14H18N2O3S/c1-19-7-9-20(18)8-3-6-14(17)16-13-5-2-4-12(10-13)11-15/h2,4-5,10H,3,6-9H2,1H3,(H,16,17). The number of anilines is 1. The zero-order chi connectivity index (χ0) is 14.8. The van der Waals surface area contributed by atoms with Crippen molar-refractivity contribution in [3.63, 3.8) is 0 Å². The summed E-state index contributed by atoms with van der Waals surface area (Å²) >= 11 is 0. The highest BCUT2D eigenvalue weighted by molar-refractivity contribution is 7.84. The van der Waals surface area contributed by atoms with Crippen LogP contribution in [-0.4, -0.2) is 35.3 Å². The number of ether oxygens (including phenoxy) is 1. The lowest BCUT2D eigenvalue weighted by Gasteiger charge is -2.05.